The van der Waals surface area contributed by atoms with E-state index < -0.39 is 12.1 Å². The lowest BCUT2D eigenvalue weighted by molar-refractivity contribution is -0.158. The van der Waals surface area contributed by atoms with E-state index >= 15 is 0 Å². The van der Waals surface area contributed by atoms with E-state index in [1.807, 2.05) is 6.92 Å². The molecular weight excluding hydrogens is 243 g/mol. The average molecular weight is 263 g/mol. The Hall–Kier alpha value is -0.800. The van der Waals surface area contributed by atoms with Crippen LogP contribution in [0.4, 0.5) is 13.2 Å². The van der Waals surface area contributed by atoms with E-state index in [-0.39, 0.29) is 12.6 Å². The number of nitrogens with one attached hydrogen (secondary N) is 1. The zero-order chi connectivity index (χ0) is 13.6. The lowest BCUT2D eigenvalue weighted by Gasteiger charge is -2.29. The molecule has 1 fully saturated rings. The maximum absolute atomic E-state index is 12.4. The van der Waals surface area contributed by atoms with Crippen LogP contribution in [0.3, 0.4) is 0 Å². The summed E-state index contributed by atoms with van der Waals surface area (Å²) in [4.78, 5) is 2.26. The fourth-order valence-electron chi connectivity index (χ4n) is 2.15. The van der Waals surface area contributed by atoms with Crippen LogP contribution >= 0.6 is 0 Å². The first-order valence-corrected chi connectivity index (χ1v) is 6.35. The van der Waals surface area contributed by atoms with Crippen LogP contribution in [0.1, 0.15) is 26.2 Å². The van der Waals surface area contributed by atoms with Gasteiger partial charge in [0.1, 0.15) is 0 Å². The number of hydrogen-bond donors (Lipinski definition) is 1. The number of hydrogen-bond acceptors (Lipinski definition) is 3. The Morgan fingerprint density at radius 3 is 2.39 bits per heavy atom. The summed E-state index contributed by atoms with van der Waals surface area (Å²) in [5, 5.41) is 11.3. The van der Waals surface area contributed by atoms with Gasteiger partial charge in [0.25, 0.3) is 0 Å². The first-order valence-electron chi connectivity index (χ1n) is 6.35. The van der Waals surface area contributed by atoms with Crippen molar-refractivity contribution in [2.24, 2.45) is 5.92 Å². The second-order valence-electron chi connectivity index (χ2n) is 4.89. The number of nitrogens with zero attached hydrogens (tertiary/aromatic N) is 2. The van der Waals surface area contributed by atoms with E-state index in [1.165, 1.54) is 12.5 Å². The van der Waals surface area contributed by atoms with Gasteiger partial charge >= 0.3 is 6.18 Å². The molecule has 0 aliphatic carbocycles. The predicted molar refractivity (Wildman–Crippen MR) is 62.9 cm³/mol. The minimum atomic E-state index is -4.44. The van der Waals surface area contributed by atoms with Crippen molar-refractivity contribution in [2.45, 2.75) is 38.4 Å². The summed E-state index contributed by atoms with van der Waals surface area (Å²) >= 11 is 0. The highest BCUT2D eigenvalue weighted by atomic mass is 19.4. The molecule has 18 heavy (non-hydrogen) atoms. The van der Waals surface area contributed by atoms with Crippen molar-refractivity contribution in [3.8, 4) is 6.07 Å². The Balaban J connectivity index is 2.27. The quantitative estimate of drug-likeness (QED) is 0.826. The van der Waals surface area contributed by atoms with Crippen molar-refractivity contribution in [2.75, 3.05) is 26.2 Å². The number of piperidine rings is 1. The highest BCUT2D eigenvalue weighted by molar-refractivity contribution is 4.90. The molecule has 104 valence electrons. The highest BCUT2D eigenvalue weighted by Crippen LogP contribution is 2.24. The molecule has 6 heteroatoms. The highest BCUT2D eigenvalue weighted by Gasteiger charge is 2.39. The van der Waals surface area contributed by atoms with E-state index in [0.717, 1.165) is 32.5 Å². The van der Waals surface area contributed by atoms with Gasteiger partial charge in [0.15, 0.2) is 5.92 Å². The van der Waals surface area contributed by atoms with E-state index in [4.69, 9.17) is 5.26 Å². The number of rotatable bonds is 5. The van der Waals surface area contributed by atoms with E-state index in [9.17, 15) is 13.2 Å². The van der Waals surface area contributed by atoms with E-state index in [1.54, 1.807) is 0 Å². The largest absolute Gasteiger partial charge is 0.405 e. The summed E-state index contributed by atoms with van der Waals surface area (Å²) < 4.78 is 37.1. The summed E-state index contributed by atoms with van der Waals surface area (Å²) in [6.07, 6.45) is -0.873. The van der Waals surface area contributed by atoms with Crippen molar-refractivity contribution in [1.82, 2.24) is 10.2 Å². The molecule has 0 amide bonds. The van der Waals surface area contributed by atoms with Crippen molar-refractivity contribution < 1.29 is 13.2 Å². The molecule has 1 rings (SSSR count). The van der Waals surface area contributed by atoms with Crippen molar-refractivity contribution in [3.05, 3.63) is 0 Å². The number of nitriles is 1. The lowest BCUT2D eigenvalue weighted by atomic mass is 10.1. The Labute approximate surface area is 106 Å². The first kappa shape index (κ1) is 15.3. The molecule has 1 aliphatic heterocycles. The summed E-state index contributed by atoms with van der Waals surface area (Å²) in [7, 11) is 0. The second-order valence-corrected chi connectivity index (χ2v) is 4.89. The van der Waals surface area contributed by atoms with Gasteiger partial charge in [-0.15, -0.1) is 0 Å². The van der Waals surface area contributed by atoms with Gasteiger partial charge in [-0.05, 0) is 32.9 Å². The Morgan fingerprint density at radius 2 is 1.89 bits per heavy atom. The Bertz CT molecular complexity index is 279. The predicted octanol–water partition coefficient (Wildman–Crippen LogP) is 2.15. The Morgan fingerprint density at radius 1 is 1.28 bits per heavy atom. The van der Waals surface area contributed by atoms with Crippen LogP contribution in [0.15, 0.2) is 0 Å². The minimum absolute atomic E-state index is 0.0266. The van der Waals surface area contributed by atoms with Gasteiger partial charge < -0.3 is 10.2 Å². The minimum Gasteiger partial charge on any atom is -0.311 e. The maximum Gasteiger partial charge on any atom is 0.405 e. The average Bonchev–Trinajstić information content (AvgIpc) is 2.29. The monoisotopic (exact) mass is 263 g/mol. The molecule has 1 N–H and O–H groups in total. The molecule has 0 spiro atoms. The molecule has 0 bridgehead atoms. The van der Waals surface area contributed by atoms with Gasteiger partial charge in [0.05, 0.1) is 6.07 Å². The summed E-state index contributed by atoms with van der Waals surface area (Å²) in [5.74, 6) is -1.92. The normalized spacial score (nSPS) is 21.3. The molecule has 1 aliphatic rings. The van der Waals surface area contributed by atoms with Crippen LogP contribution in [0.25, 0.3) is 0 Å². The lowest BCUT2D eigenvalue weighted by Crippen LogP contribution is -2.44. The fourth-order valence-corrected chi connectivity index (χ4v) is 2.15. The SMILES string of the molecule is CC(CN1CCCCC1)NCC(C#N)C(F)(F)F. The van der Waals surface area contributed by atoms with E-state index in [0.29, 0.717) is 0 Å². The molecule has 2 atom stereocenters. The molecule has 1 saturated heterocycles. The van der Waals surface area contributed by atoms with Gasteiger partial charge in [-0.3, -0.25) is 0 Å². The van der Waals surface area contributed by atoms with Crippen LogP contribution in [0, 0.1) is 17.2 Å². The Kier molecular flexibility index (Phi) is 5.89. The van der Waals surface area contributed by atoms with Gasteiger partial charge in [-0.2, -0.15) is 18.4 Å². The van der Waals surface area contributed by atoms with Gasteiger partial charge in [-0.1, -0.05) is 6.42 Å². The van der Waals surface area contributed by atoms with Crippen LogP contribution in [-0.2, 0) is 0 Å². The molecular formula is C12H20F3N3. The molecule has 0 aromatic rings. The zero-order valence-corrected chi connectivity index (χ0v) is 10.6. The topological polar surface area (TPSA) is 39.1 Å². The third-order valence-corrected chi connectivity index (χ3v) is 3.20. The first-order chi connectivity index (χ1) is 8.43. The van der Waals surface area contributed by atoms with Gasteiger partial charge in [-0.25, -0.2) is 0 Å². The smallest absolute Gasteiger partial charge is 0.311 e. The molecule has 0 aromatic carbocycles. The third-order valence-electron chi connectivity index (χ3n) is 3.20. The van der Waals surface area contributed by atoms with Crippen LogP contribution in [0.2, 0.25) is 0 Å². The molecule has 2 unspecified atom stereocenters. The molecule has 0 saturated carbocycles. The number of halogens is 3. The van der Waals surface area contributed by atoms with Crippen molar-refractivity contribution in [1.29, 1.82) is 5.26 Å². The van der Waals surface area contributed by atoms with Gasteiger partial charge in [0.2, 0.25) is 0 Å². The molecule has 3 nitrogen and oxygen atoms in total. The van der Waals surface area contributed by atoms with Crippen molar-refractivity contribution >= 4 is 0 Å². The maximum atomic E-state index is 12.4. The molecule has 1 heterocycles. The summed E-state index contributed by atoms with van der Waals surface area (Å²) in [6, 6.07) is 1.27. The number of likely N-dealkylation sites (tertiary alicyclic amines) is 1. The summed E-state index contributed by atoms with van der Waals surface area (Å²) in [5.41, 5.74) is 0. The second kappa shape index (κ2) is 6.95. The van der Waals surface area contributed by atoms with Crippen LogP contribution < -0.4 is 5.32 Å². The zero-order valence-electron chi connectivity index (χ0n) is 10.6. The third kappa shape index (κ3) is 5.23. The summed E-state index contributed by atoms with van der Waals surface area (Å²) in [6.45, 7) is 4.32. The van der Waals surface area contributed by atoms with Crippen LogP contribution in [0.5, 0.6) is 0 Å². The van der Waals surface area contributed by atoms with Crippen LogP contribution in [-0.4, -0.2) is 43.3 Å². The molecule has 0 aromatic heterocycles. The standard InChI is InChI=1S/C12H20F3N3/c1-10(9-18-5-3-2-4-6-18)17-8-11(7-16)12(13,14)15/h10-11,17H,2-6,8-9H2,1H3. The molecule has 0 radical (unpaired) electrons. The fraction of sp³-hybridized carbons (Fsp3) is 0.917. The van der Waals surface area contributed by atoms with Crippen molar-refractivity contribution in [3.63, 3.8) is 0 Å². The number of alkyl halides is 3. The van der Waals surface area contributed by atoms with E-state index in [2.05, 4.69) is 10.2 Å². The van der Waals surface area contributed by atoms with Gasteiger partial charge in [0, 0.05) is 19.1 Å².